The minimum Gasteiger partial charge on any atom is -0.252 e. The average molecular weight is 1100 g/mol. The summed E-state index contributed by atoms with van der Waals surface area (Å²) >= 11 is 3.78. The number of aromatic nitrogens is 4. The molecular weight excluding hydrogens is 1050 g/mol. The molecule has 17 aromatic rings. The zero-order chi connectivity index (χ0) is 55.3. The van der Waals surface area contributed by atoms with Gasteiger partial charge in [0.05, 0.1) is 22.1 Å². The van der Waals surface area contributed by atoms with Gasteiger partial charge < -0.3 is 0 Å². The first-order valence-electron chi connectivity index (χ1n) is 28.1. The van der Waals surface area contributed by atoms with Crippen LogP contribution in [0.4, 0.5) is 0 Å². The lowest BCUT2D eigenvalue weighted by atomic mass is 9.91. The van der Waals surface area contributed by atoms with Crippen LogP contribution < -0.4 is 0 Å². The topological polar surface area (TPSA) is 51.6 Å². The van der Waals surface area contributed by atoms with E-state index < -0.39 is 0 Å². The van der Waals surface area contributed by atoms with Crippen molar-refractivity contribution in [3.8, 4) is 55.6 Å². The number of fused-ring (bicyclic) bond motifs is 18. The normalized spacial score (nSPS) is 11.8. The van der Waals surface area contributed by atoms with E-state index in [4.69, 9.17) is 15.0 Å². The fourth-order valence-corrected chi connectivity index (χ4v) is 15.1. The van der Waals surface area contributed by atoms with Crippen LogP contribution >= 0.6 is 22.7 Å². The predicted octanol–water partition coefficient (Wildman–Crippen LogP) is 21.9. The van der Waals surface area contributed by atoms with Gasteiger partial charge in [-0.1, -0.05) is 175 Å². The lowest BCUT2D eigenvalue weighted by Crippen LogP contribution is -1.90. The number of nitrogens with zero attached hydrogens (tertiary/aromatic N) is 4. The van der Waals surface area contributed by atoms with Crippen molar-refractivity contribution < 1.29 is 0 Å². The van der Waals surface area contributed by atoms with Crippen LogP contribution in [0.1, 0.15) is 16.7 Å². The Balaban J connectivity index is 0.000000137. The van der Waals surface area contributed by atoms with Gasteiger partial charge in [-0.05, 0) is 164 Å². The standard InChI is InChI=1S/C40H24N2S.C37H26N2S/c1-2-8-25(9-3-1)26-15-18-37-35(22-26)36-24-28(16-19-38(36)43-37)30-11-5-4-10-29(30)27-14-17-33-34(23-27)31-12-6-7-13-32(31)39-40(33)42-21-20-41-39;1-21-16-22(2)36-32(17-21)33-20-27(18-23(3)37(33)40-36)25-10-8-24(9-11-25)26-12-13-30-31(19-26)28-6-4-5-7-29(28)34-35(30)39-15-14-38-34/h1-24H;4-20H,1-3H3. The molecule has 17 rings (SSSR count). The first kappa shape index (κ1) is 48.9. The monoisotopic (exact) mass is 1090 g/mol. The maximum absolute atomic E-state index is 4.74. The number of benzene rings is 13. The Morgan fingerprint density at radius 2 is 0.614 bits per heavy atom. The molecule has 4 heterocycles. The summed E-state index contributed by atoms with van der Waals surface area (Å²) in [4.78, 5) is 18.8. The fraction of sp³-hybridized carbons (Fsp3) is 0.0390. The van der Waals surface area contributed by atoms with E-state index in [1.165, 1.54) is 134 Å². The molecule has 0 amide bonds. The van der Waals surface area contributed by atoms with E-state index in [1.54, 1.807) is 24.8 Å². The van der Waals surface area contributed by atoms with Crippen molar-refractivity contribution in [1.82, 2.24) is 19.9 Å². The van der Waals surface area contributed by atoms with Crippen LogP contribution in [0.25, 0.3) is 161 Å². The van der Waals surface area contributed by atoms with Gasteiger partial charge in [-0.2, -0.15) is 0 Å². The molecule has 0 spiro atoms. The SMILES string of the molecule is Cc1cc(C)c2sc3c(C)cc(-c4ccc(-c5ccc6c(c5)c5ccccc5c5nccnc65)cc4)cc3c2c1.c1ccc(-c2ccc3sc4ccc(-c5ccccc5-c5ccc6c(c5)c5ccccc5c5nccnc65)cc4c3c2)cc1. The highest BCUT2D eigenvalue weighted by Crippen LogP contribution is 2.44. The minimum atomic E-state index is 0.945. The van der Waals surface area contributed by atoms with Gasteiger partial charge in [0.25, 0.3) is 0 Å². The van der Waals surface area contributed by atoms with E-state index >= 15 is 0 Å². The molecule has 390 valence electrons. The highest BCUT2D eigenvalue weighted by molar-refractivity contribution is 7.26. The Bertz CT molecular complexity index is 5420. The first-order chi connectivity index (χ1) is 40.9. The molecule has 0 unspecified atom stereocenters. The Morgan fingerprint density at radius 3 is 1.18 bits per heavy atom. The van der Waals surface area contributed by atoms with E-state index in [9.17, 15) is 0 Å². The van der Waals surface area contributed by atoms with Crippen molar-refractivity contribution in [2.45, 2.75) is 20.8 Å². The predicted molar refractivity (Wildman–Crippen MR) is 356 cm³/mol. The summed E-state index contributed by atoms with van der Waals surface area (Å²) < 4.78 is 5.42. The number of aryl methyl sites for hydroxylation is 3. The summed E-state index contributed by atoms with van der Waals surface area (Å²) in [5, 5.41) is 14.7. The first-order valence-corrected chi connectivity index (χ1v) is 29.8. The lowest BCUT2D eigenvalue weighted by molar-refractivity contribution is 1.31. The number of hydrogen-bond acceptors (Lipinski definition) is 6. The van der Waals surface area contributed by atoms with Crippen LogP contribution in [0.2, 0.25) is 0 Å². The summed E-state index contributed by atoms with van der Waals surface area (Å²) in [6, 6.07) is 82.1. The highest BCUT2D eigenvalue weighted by atomic mass is 32.1. The van der Waals surface area contributed by atoms with Crippen molar-refractivity contribution in [3.63, 3.8) is 0 Å². The molecule has 0 fully saturated rings. The molecule has 0 bridgehead atoms. The third-order valence-corrected chi connectivity index (χ3v) is 19.4. The highest BCUT2D eigenvalue weighted by Gasteiger charge is 2.18. The fourth-order valence-electron chi connectivity index (χ4n) is 12.9. The molecule has 83 heavy (non-hydrogen) atoms. The third kappa shape index (κ3) is 8.24. The van der Waals surface area contributed by atoms with E-state index in [2.05, 4.69) is 250 Å². The van der Waals surface area contributed by atoms with Gasteiger partial charge in [0.2, 0.25) is 0 Å². The molecule has 0 atom stereocenters. The summed E-state index contributed by atoms with van der Waals surface area (Å²) in [5.41, 5.74) is 20.1. The summed E-state index contributed by atoms with van der Waals surface area (Å²) in [6.07, 6.45) is 7.12. The zero-order valence-corrected chi connectivity index (χ0v) is 47.4. The second-order valence-corrected chi connectivity index (χ2v) is 24.0. The Labute approximate surface area is 487 Å². The maximum Gasteiger partial charge on any atom is 0.0971 e. The van der Waals surface area contributed by atoms with Gasteiger partial charge in [0.15, 0.2) is 0 Å². The van der Waals surface area contributed by atoms with Crippen molar-refractivity contribution in [2.75, 3.05) is 0 Å². The molecule has 0 aliphatic rings. The largest absolute Gasteiger partial charge is 0.252 e. The summed E-state index contributed by atoms with van der Waals surface area (Å²) in [7, 11) is 0. The molecular formula is C77H50N4S2. The molecule has 0 radical (unpaired) electrons. The van der Waals surface area contributed by atoms with Crippen molar-refractivity contribution in [2.24, 2.45) is 0 Å². The molecule has 0 saturated carbocycles. The quantitative estimate of drug-likeness (QED) is 0.161. The number of hydrogen-bond donors (Lipinski definition) is 0. The van der Waals surface area contributed by atoms with Gasteiger partial charge in [0.1, 0.15) is 0 Å². The molecule has 4 aromatic heterocycles. The molecule has 0 aliphatic carbocycles. The smallest absolute Gasteiger partial charge is 0.0971 e. The van der Waals surface area contributed by atoms with Gasteiger partial charge in [-0.15, -0.1) is 22.7 Å². The second-order valence-electron chi connectivity index (χ2n) is 21.9. The van der Waals surface area contributed by atoms with Gasteiger partial charge in [-0.25, -0.2) is 0 Å². The van der Waals surface area contributed by atoms with Crippen LogP contribution in [0.3, 0.4) is 0 Å². The third-order valence-electron chi connectivity index (χ3n) is 16.8. The maximum atomic E-state index is 4.74. The average Bonchev–Trinajstić information content (AvgIpc) is 2.83. The van der Waals surface area contributed by atoms with Crippen molar-refractivity contribution in [1.29, 1.82) is 0 Å². The molecule has 0 aliphatic heterocycles. The molecule has 0 N–H and O–H groups in total. The van der Waals surface area contributed by atoms with E-state index in [0.29, 0.717) is 0 Å². The molecule has 13 aromatic carbocycles. The Hall–Kier alpha value is -9.98. The van der Waals surface area contributed by atoms with Crippen molar-refractivity contribution >= 4 is 128 Å². The van der Waals surface area contributed by atoms with Gasteiger partial charge in [-0.3, -0.25) is 19.9 Å². The minimum absolute atomic E-state index is 0.945. The molecule has 6 heteroatoms. The number of rotatable bonds is 5. The number of thiophene rings is 2. The lowest BCUT2D eigenvalue weighted by Gasteiger charge is -2.13. The Morgan fingerprint density at radius 1 is 0.241 bits per heavy atom. The van der Waals surface area contributed by atoms with Crippen LogP contribution in [-0.4, -0.2) is 19.9 Å². The van der Waals surface area contributed by atoms with E-state index in [0.717, 1.165) is 43.6 Å². The van der Waals surface area contributed by atoms with Crippen LogP contribution in [0, 0.1) is 20.8 Å². The van der Waals surface area contributed by atoms with Crippen LogP contribution in [0.5, 0.6) is 0 Å². The zero-order valence-electron chi connectivity index (χ0n) is 45.8. The summed E-state index contributed by atoms with van der Waals surface area (Å²) in [5.74, 6) is 0. The molecule has 0 saturated heterocycles. The van der Waals surface area contributed by atoms with E-state index in [-0.39, 0.29) is 0 Å². The van der Waals surface area contributed by atoms with Gasteiger partial charge >= 0.3 is 0 Å². The summed E-state index contributed by atoms with van der Waals surface area (Å²) in [6.45, 7) is 6.66. The van der Waals surface area contributed by atoms with Gasteiger partial charge in [0, 0.05) is 86.7 Å². The van der Waals surface area contributed by atoms with E-state index in [1.807, 2.05) is 22.7 Å². The van der Waals surface area contributed by atoms with Crippen molar-refractivity contribution in [3.05, 3.63) is 266 Å². The molecule has 4 nitrogen and oxygen atoms in total. The van der Waals surface area contributed by atoms with Crippen LogP contribution in [0.15, 0.2) is 249 Å². The Kier molecular flexibility index (Phi) is 11.6. The second kappa shape index (κ2) is 19.6. The van der Waals surface area contributed by atoms with Crippen LogP contribution in [-0.2, 0) is 0 Å².